The molecule has 1 amide bonds. The van der Waals surface area contributed by atoms with E-state index in [4.69, 9.17) is 9.94 Å². The molecule has 0 rings (SSSR count). The van der Waals surface area contributed by atoms with Crippen LogP contribution in [-0.2, 0) is 4.74 Å². The molecule has 16 heavy (non-hydrogen) atoms. The first-order valence-electron chi connectivity index (χ1n) is 5.47. The van der Waals surface area contributed by atoms with Gasteiger partial charge in [0.25, 0.3) is 0 Å². The van der Waals surface area contributed by atoms with E-state index in [9.17, 15) is 4.79 Å². The van der Waals surface area contributed by atoms with Crippen molar-refractivity contribution in [1.82, 2.24) is 5.32 Å². The van der Waals surface area contributed by atoms with E-state index in [-0.39, 0.29) is 12.0 Å². The number of hydrogen-bond acceptors (Lipinski definition) is 4. The lowest BCUT2D eigenvalue weighted by Crippen LogP contribution is -2.43. The van der Waals surface area contributed by atoms with Crippen molar-refractivity contribution in [3.05, 3.63) is 0 Å². The van der Waals surface area contributed by atoms with Crippen molar-refractivity contribution < 1.29 is 14.7 Å². The largest absolute Gasteiger partial charge is 0.444 e. The Bertz CT molecular complexity index is 246. The molecular formula is C11H22N2O3. The highest BCUT2D eigenvalue weighted by atomic mass is 16.6. The van der Waals surface area contributed by atoms with Gasteiger partial charge in [-0.3, -0.25) is 0 Å². The summed E-state index contributed by atoms with van der Waals surface area (Å²) in [4.78, 5) is 11.5. The van der Waals surface area contributed by atoms with Gasteiger partial charge < -0.3 is 15.3 Å². The van der Waals surface area contributed by atoms with Crippen LogP contribution in [0.4, 0.5) is 4.79 Å². The zero-order valence-electron chi connectivity index (χ0n) is 10.7. The van der Waals surface area contributed by atoms with Gasteiger partial charge in [0.15, 0.2) is 0 Å². The van der Waals surface area contributed by atoms with Crippen LogP contribution >= 0.6 is 0 Å². The summed E-state index contributed by atoms with van der Waals surface area (Å²) in [5.41, 5.74) is -0.527. The fourth-order valence-electron chi connectivity index (χ4n) is 1.10. The predicted molar refractivity (Wildman–Crippen MR) is 62.9 cm³/mol. The molecule has 0 aromatic rings. The Morgan fingerprint density at radius 2 is 2.12 bits per heavy atom. The monoisotopic (exact) mass is 230 g/mol. The maximum Gasteiger partial charge on any atom is 0.408 e. The zero-order chi connectivity index (χ0) is 12.8. The first-order chi connectivity index (χ1) is 7.30. The number of nitrogens with one attached hydrogen (secondary N) is 1. The van der Waals surface area contributed by atoms with Gasteiger partial charge >= 0.3 is 6.09 Å². The molecule has 0 saturated heterocycles. The van der Waals surface area contributed by atoms with Gasteiger partial charge in [0, 0.05) is 0 Å². The van der Waals surface area contributed by atoms with Gasteiger partial charge in [-0.15, -0.1) is 0 Å². The summed E-state index contributed by atoms with van der Waals surface area (Å²) < 4.78 is 5.12. The standard InChI is InChI=1S/C11H22N2O3/c1-6-8(2)9(7-12-15)13-10(14)16-11(3,4)5/h7-9,15H,6H2,1-5H3,(H,13,14)/b12-7+/t8-,9+/m0/s1. The minimum absolute atomic E-state index is 0.184. The molecule has 0 heterocycles. The van der Waals surface area contributed by atoms with Crippen LogP contribution in [0.25, 0.3) is 0 Å². The Morgan fingerprint density at radius 3 is 2.50 bits per heavy atom. The molecule has 0 aromatic heterocycles. The topological polar surface area (TPSA) is 70.9 Å². The average molecular weight is 230 g/mol. The Hall–Kier alpha value is -1.26. The Balaban J connectivity index is 4.35. The molecule has 0 unspecified atom stereocenters. The lowest BCUT2D eigenvalue weighted by Gasteiger charge is -2.24. The van der Waals surface area contributed by atoms with E-state index in [1.54, 1.807) is 20.8 Å². The first kappa shape index (κ1) is 14.7. The number of oxime groups is 1. The summed E-state index contributed by atoms with van der Waals surface area (Å²) in [5.74, 6) is 0.184. The second-order valence-corrected chi connectivity index (χ2v) is 4.82. The van der Waals surface area contributed by atoms with Crippen molar-refractivity contribution >= 4 is 12.3 Å². The molecule has 0 aromatic carbocycles. The molecule has 2 N–H and O–H groups in total. The van der Waals surface area contributed by atoms with Gasteiger partial charge in [0.1, 0.15) is 5.60 Å². The fourth-order valence-corrected chi connectivity index (χ4v) is 1.10. The fraction of sp³-hybridized carbons (Fsp3) is 0.818. The summed E-state index contributed by atoms with van der Waals surface area (Å²) in [5, 5.41) is 14.1. The summed E-state index contributed by atoms with van der Waals surface area (Å²) in [6.07, 6.45) is 1.67. The van der Waals surface area contributed by atoms with Crippen molar-refractivity contribution in [3.8, 4) is 0 Å². The quantitative estimate of drug-likeness (QED) is 0.442. The normalized spacial score (nSPS) is 15.8. The number of hydrogen-bond donors (Lipinski definition) is 2. The summed E-state index contributed by atoms with van der Waals surface area (Å²) in [7, 11) is 0. The number of amides is 1. The van der Waals surface area contributed by atoms with Gasteiger partial charge in [-0.2, -0.15) is 0 Å². The molecular weight excluding hydrogens is 208 g/mol. The predicted octanol–water partition coefficient (Wildman–Crippen LogP) is 2.39. The van der Waals surface area contributed by atoms with Crippen LogP contribution in [-0.4, -0.2) is 29.2 Å². The molecule has 5 heteroatoms. The van der Waals surface area contributed by atoms with Gasteiger partial charge in [0.05, 0.1) is 12.3 Å². The van der Waals surface area contributed by atoms with E-state index in [0.29, 0.717) is 0 Å². The molecule has 0 saturated carbocycles. The maximum atomic E-state index is 11.5. The zero-order valence-corrected chi connectivity index (χ0v) is 10.7. The van der Waals surface area contributed by atoms with Crippen molar-refractivity contribution in [2.45, 2.75) is 52.7 Å². The summed E-state index contributed by atoms with van der Waals surface area (Å²) in [6, 6.07) is -0.315. The van der Waals surface area contributed by atoms with Crippen molar-refractivity contribution in [1.29, 1.82) is 0 Å². The third kappa shape index (κ3) is 6.27. The van der Waals surface area contributed by atoms with E-state index in [0.717, 1.165) is 6.42 Å². The van der Waals surface area contributed by atoms with Crippen LogP contribution in [0.5, 0.6) is 0 Å². The van der Waals surface area contributed by atoms with Crippen LogP contribution in [0.15, 0.2) is 5.16 Å². The molecule has 0 aliphatic carbocycles. The third-order valence-corrected chi connectivity index (χ3v) is 2.17. The summed E-state index contributed by atoms with van der Waals surface area (Å²) in [6.45, 7) is 9.35. The van der Waals surface area contributed by atoms with E-state index < -0.39 is 11.7 Å². The van der Waals surface area contributed by atoms with Crippen LogP contribution in [0, 0.1) is 5.92 Å². The molecule has 0 aliphatic rings. The molecule has 5 nitrogen and oxygen atoms in total. The van der Waals surface area contributed by atoms with E-state index >= 15 is 0 Å². The molecule has 2 atom stereocenters. The van der Waals surface area contributed by atoms with Crippen molar-refractivity contribution in [2.24, 2.45) is 11.1 Å². The van der Waals surface area contributed by atoms with E-state index in [2.05, 4.69) is 10.5 Å². The SMILES string of the molecule is CC[C@H](C)[C@@H](/C=N/O)NC(=O)OC(C)(C)C. The van der Waals surface area contributed by atoms with Crippen LogP contribution < -0.4 is 5.32 Å². The molecule has 0 fully saturated rings. The number of nitrogens with zero attached hydrogens (tertiary/aromatic N) is 1. The minimum atomic E-state index is -0.527. The molecule has 94 valence electrons. The van der Waals surface area contributed by atoms with Gasteiger partial charge in [-0.05, 0) is 26.7 Å². The molecule has 0 bridgehead atoms. The number of ether oxygens (including phenoxy) is 1. The first-order valence-corrected chi connectivity index (χ1v) is 5.47. The lowest BCUT2D eigenvalue weighted by molar-refractivity contribution is 0.0507. The lowest BCUT2D eigenvalue weighted by atomic mass is 10.0. The van der Waals surface area contributed by atoms with Crippen LogP contribution in [0.1, 0.15) is 41.0 Å². The number of carbonyl (C=O) groups is 1. The number of carbonyl (C=O) groups excluding carboxylic acids is 1. The Morgan fingerprint density at radius 1 is 1.56 bits per heavy atom. The van der Waals surface area contributed by atoms with Gasteiger partial charge in [-0.25, -0.2) is 4.79 Å². The molecule has 0 radical (unpaired) electrons. The van der Waals surface area contributed by atoms with Crippen molar-refractivity contribution in [2.75, 3.05) is 0 Å². The maximum absolute atomic E-state index is 11.5. The van der Waals surface area contributed by atoms with Crippen LogP contribution in [0.3, 0.4) is 0 Å². The van der Waals surface area contributed by atoms with E-state index in [1.807, 2.05) is 13.8 Å². The molecule has 0 aliphatic heterocycles. The summed E-state index contributed by atoms with van der Waals surface area (Å²) >= 11 is 0. The number of rotatable bonds is 4. The second kappa shape index (κ2) is 6.35. The van der Waals surface area contributed by atoms with Gasteiger partial charge in [0.2, 0.25) is 0 Å². The third-order valence-electron chi connectivity index (χ3n) is 2.17. The highest BCUT2D eigenvalue weighted by Crippen LogP contribution is 2.09. The highest BCUT2D eigenvalue weighted by molar-refractivity contribution is 5.75. The van der Waals surface area contributed by atoms with Crippen molar-refractivity contribution in [3.63, 3.8) is 0 Å². The second-order valence-electron chi connectivity index (χ2n) is 4.82. The number of alkyl carbamates (subject to hydrolysis) is 1. The molecule has 0 spiro atoms. The smallest absolute Gasteiger partial charge is 0.408 e. The average Bonchev–Trinajstić information content (AvgIpc) is 2.13. The highest BCUT2D eigenvalue weighted by Gasteiger charge is 2.21. The Labute approximate surface area is 96.9 Å². The van der Waals surface area contributed by atoms with E-state index in [1.165, 1.54) is 6.21 Å². The van der Waals surface area contributed by atoms with Gasteiger partial charge in [-0.1, -0.05) is 25.4 Å². The Kier molecular flexibility index (Phi) is 5.85. The minimum Gasteiger partial charge on any atom is -0.444 e. The van der Waals surface area contributed by atoms with Crippen LogP contribution in [0.2, 0.25) is 0 Å².